The second-order valence-corrected chi connectivity index (χ2v) is 4.71. The number of hydrogen-bond acceptors (Lipinski definition) is 0. The molecule has 1 aromatic carbocycles. The van der Waals surface area contributed by atoms with E-state index in [9.17, 15) is 4.39 Å². The first-order valence-corrected chi connectivity index (χ1v) is 5.39. The maximum atomic E-state index is 13.7. The predicted octanol–water partition coefficient (Wildman–Crippen LogP) is 3.91. The molecule has 0 aromatic heterocycles. The largest absolute Gasteiger partial charge is 0.205 e. The third-order valence-corrected chi connectivity index (χ3v) is 3.50. The first-order valence-electron chi connectivity index (χ1n) is 4.22. The fourth-order valence-corrected chi connectivity index (χ4v) is 2.40. The Morgan fingerprint density at radius 2 is 2.14 bits per heavy atom. The van der Waals surface area contributed by atoms with Crippen LogP contribution in [0.4, 0.5) is 4.39 Å². The lowest BCUT2D eigenvalue weighted by atomic mass is 9.96. The molecule has 2 rings (SSSR count). The predicted molar refractivity (Wildman–Crippen MR) is 58.9 cm³/mol. The third-order valence-electron chi connectivity index (χ3n) is 2.55. The van der Waals surface area contributed by atoms with Crippen LogP contribution in [0.15, 0.2) is 16.6 Å². The Morgan fingerprint density at radius 3 is 2.64 bits per heavy atom. The van der Waals surface area contributed by atoms with Crippen LogP contribution >= 0.6 is 27.5 Å². The van der Waals surface area contributed by atoms with E-state index in [1.54, 1.807) is 6.07 Å². The van der Waals surface area contributed by atoms with E-state index < -0.39 is 11.2 Å². The minimum absolute atomic E-state index is 0.129. The summed E-state index contributed by atoms with van der Waals surface area (Å²) in [6, 6.07) is 3.26. The van der Waals surface area contributed by atoms with Gasteiger partial charge in [0.15, 0.2) is 0 Å². The van der Waals surface area contributed by atoms with Crippen molar-refractivity contribution < 1.29 is 4.39 Å². The molecule has 0 bridgehead atoms. The first-order chi connectivity index (χ1) is 6.60. The zero-order valence-corrected chi connectivity index (χ0v) is 9.62. The van der Waals surface area contributed by atoms with E-state index in [1.807, 2.05) is 0 Å². The summed E-state index contributed by atoms with van der Waals surface area (Å²) < 4.78 is 14.4. The molecule has 1 aromatic rings. The molecule has 0 N–H and O–H groups in total. The van der Waals surface area contributed by atoms with Crippen LogP contribution in [0.5, 0.6) is 0 Å². The Hall–Kier alpha value is -0.520. The van der Waals surface area contributed by atoms with Gasteiger partial charge in [0.25, 0.3) is 0 Å². The molecule has 0 unspecified atom stereocenters. The average molecular weight is 274 g/mol. The van der Waals surface area contributed by atoms with E-state index in [4.69, 9.17) is 18.0 Å². The molecule has 1 aliphatic carbocycles. The number of terminal acetylenes is 1. The van der Waals surface area contributed by atoms with Crippen molar-refractivity contribution in [1.29, 1.82) is 0 Å². The highest BCUT2D eigenvalue weighted by Crippen LogP contribution is 2.51. The molecule has 72 valence electrons. The summed E-state index contributed by atoms with van der Waals surface area (Å²) in [5.74, 6) is 2.26. The second-order valence-electron chi connectivity index (χ2n) is 3.44. The minimum Gasteiger partial charge on any atom is -0.205 e. The Balaban J connectivity index is 2.64. The Bertz CT molecular complexity index is 430. The van der Waals surface area contributed by atoms with E-state index >= 15 is 0 Å². The van der Waals surface area contributed by atoms with Gasteiger partial charge in [0.1, 0.15) is 5.82 Å². The summed E-state index contributed by atoms with van der Waals surface area (Å²) in [4.78, 5) is 0. The molecule has 3 heteroatoms. The lowest BCUT2D eigenvalue weighted by Crippen LogP contribution is -2.07. The molecule has 1 aliphatic rings. The zero-order valence-electron chi connectivity index (χ0n) is 7.28. The molecule has 0 aliphatic heterocycles. The maximum Gasteiger partial charge on any atom is 0.147 e. The number of benzene rings is 1. The van der Waals surface area contributed by atoms with Gasteiger partial charge < -0.3 is 0 Å². The number of hydrogen-bond donors (Lipinski definition) is 0. The van der Waals surface area contributed by atoms with Gasteiger partial charge in [-0.1, -0.05) is 33.5 Å². The van der Waals surface area contributed by atoms with Crippen molar-refractivity contribution in [2.45, 2.75) is 18.3 Å². The van der Waals surface area contributed by atoms with Crippen LogP contribution in [0.25, 0.3) is 0 Å². The van der Waals surface area contributed by atoms with Crippen LogP contribution in [0.1, 0.15) is 18.4 Å². The molecule has 0 saturated heterocycles. The van der Waals surface area contributed by atoms with Crippen molar-refractivity contribution in [3.05, 3.63) is 33.0 Å². The summed E-state index contributed by atoms with van der Waals surface area (Å²) in [6.45, 7) is 0. The summed E-state index contributed by atoms with van der Waals surface area (Å²) in [5, 5.41) is 0.129. The van der Waals surface area contributed by atoms with Crippen molar-refractivity contribution in [1.82, 2.24) is 0 Å². The van der Waals surface area contributed by atoms with Crippen molar-refractivity contribution in [2.24, 2.45) is 0 Å². The van der Waals surface area contributed by atoms with Crippen LogP contribution in [0, 0.1) is 18.2 Å². The molecule has 0 amide bonds. The maximum absolute atomic E-state index is 13.7. The summed E-state index contributed by atoms with van der Waals surface area (Å²) >= 11 is 9.02. The summed E-state index contributed by atoms with van der Waals surface area (Å²) in [6.07, 6.45) is 7.07. The van der Waals surface area contributed by atoms with Gasteiger partial charge in [0, 0.05) is 10.0 Å². The third kappa shape index (κ3) is 1.36. The fraction of sp³-hybridized carbons (Fsp3) is 0.273. The Kier molecular flexibility index (Phi) is 2.33. The van der Waals surface area contributed by atoms with Crippen molar-refractivity contribution in [2.75, 3.05) is 0 Å². The minimum atomic E-state index is -0.423. The van der Waals surface area contributed by atoms with Crippen LogP contribution in [-0.4, -0.2) is 0 Å². The van der Waals surface area contributed by atoms with Crippen molar-refractivity contribution in [3.63, 3.8) is 0 Å². The first kappa shape index (κ1) is 10.0. The highest BCUT2D eigenvalue weighted by molar-refractivity contribution is 9.10. The van der Waals surface area contributed by atoms with Gasteiger partial charge in [-0.2, -0.15) is 0 Å². The second kappa shape index (κ2) is 3.25. The monoisotopic (exact) mass is 272 g/mol. The van der Waals surface area contributed by atoms with Gasteiger partial charge in [0.05, 0.1) is 10.4 Å². The molecular weight excluding hydrogens is 266 g/mol. The zero-order chi connectivity index (χ0) is 10.3. The molecule has 0 radical (unpaired) electrons. The van der Waals surface area contributed by atoms with Crippen molar-refractivity contribution in [3.8, 4) is 12.3 Å². The van der Waals surface area contributed by atoms with E-state index in [0.29, 0.717) is 10.0 Å². The Morgan fingerprint density at radius 1 is 1.50 bits per heavy atom. The SMILES string of the molecule is C#CC1(c2c(Br)ccc(Cl)c2F)CC1. The summed E-state index contributed by atoms with van der Waals surface area (Å²) in [7, 11) is 0. The van der Waals surface area contributed by atoms with Gasteiger partial charge in [-0.05, 0) is 25.0 Å². The summed E-state index contributed by atoms with van der Waals surface area (Å²) in [5.41, 5.74) is 0.112. The molecule has 1 fully saturated rings. The normalized spacial score (nSPS) is 17.6. The van der Waals surface area contributed by atoms with Gasteiger partial charge >= 0.3 is 0 Å². The Labute approximate surface area is 95.6 Å². The lowest BCUT2D eigenvalue weighted by Gasteiger charge is -2.12. The molecule has 0 atom stereocenters. The van der Waals surface area contributed by atoms with Crippen molar-refractivity contribution >= 4 is 27.5 Å². The van der Waals surface area contributed by atoms with E-state index in [1.165, 1.54) is 6.07 Å². The number of halogens is 3. The van der Waals surface area contributed by atoms with E-state index in [2.05, 4.69) is 21.9 Å². The lowest BCUT2D eigenvalue weighted by molar-refractivity contribution is 0.599. The average Bonchev–Trinajstić information content (AvgIpc) is 2.93. The van der Waals surface area contributed by atoms with E-state index in [0.717, 1.165) is 12.8 Å². The smallest absolute Gasteiger partial charge is 0.147 e. The fourth-order valence-electron chi connectivity index (χ4n) is 1.56. The standard InChI is InChI=1S/C11H7BrClF/c1-2-11(5-6-11)9-7(12)3-4-8(13)10(9)14/h1,3-4H,5-6H2. The molecule has 0 heterocycles. The number of rotatable bonds is 1. The molecule has 0 nitrogen and oxygen atoms in total. The molecule has 14 heavy (non-hydrogen) atoms. The van der Waals surface area contributed by atoms with E-state index in [-0.39, 0.29) is 5.02 Å². The van der Waals surface area contributed by atoms with Gasteiger partial charge in [0.2, 0.25) is 0 Å². The highest BCUT2D eigenvalue weighted by Gasteiger charge is 2.46. The molecule has 0 spiro atoms. The highest BCUT2D eigenvalue weighted by atomic mass is 79.9. The van der Waals surface area contributed by atoms with Crippen LogP contribution in [-0.2, 0) is 5.41 Å². The quantitative estimate of drug-likeness (QED) is 0.538. The molecular formula is C11H7BrClF. The van der Waals surface area contributed by atoms with Crippen LogP contribution in [0.3, 0.4) is 0 Å². The van der Waals surface area contributed by atoms with Gasteiger partial charge in [-0.3, -0.25) is 0 Å². The van der Waals surface area contributed by atoms with Gasteiger partial charge in [-0.25, -0.2) is 4.39 Å². The molecule has 1 saturated carbocycles. The topological polar surface area (TPSA) is 0 Å². The van der Waals surface area contributed by atoms with Crippen LogP contribution in [0.2, 0.25) is 5.02 Å². The van der Waals surface area contributed by atoms with Gasteiger partial charge in [-0.15, -0.1) is 6.42 Å². The van der Waals surface area contributed by atoms with Crippen LogP contribution < -0.4 is 0 Å².